The monoisotopic (exact) mass is 434 g/mol. The van der Waals surface area contributed by atoms with Gasteiger partial charge >= 0.3 is 17.9 Å². The molecule has 0 amide bonds. The second-order valence-electron chi connectivity index (χ2n) is 10.8. The molecule has 4 rings (SSSR count). The fraction of sp³-hybridized carbons (Fsp3) is 0.792. The van der Waals surface area contributed by atoms with Gasteiger partial charge in [-0.25, -0.2) is 4.79 Å². The minimum atomic E-state index is -1.32. The van der Waals surface area contributed by atoms with Gasteiger partial charge in [0.15, 0.2) is 5.41 Å². The topological polar surface area (TPSA) is 88.1 Å². The maximum absolute atomic E-state index is 13.4. The maximum atomic E-state index is 13.4. The predicted molar refractivity (Wildman–Crippen MR) is 111 cm³/mol. The Morgan fingerprint density at radius 2 is 1.87 bits per heavy atom. The molecule has 172 valence electrons. The quantitative estimate of drug-likeness (QED) is 0.207. The van der Waals surface area contributed by atoms with Crippen molar-refractivity contribution in [3.05, 3.63) is 12.2 Å². The van der Waals surface area contributed by atoms with E-state index in [1.165, 1.54) is 6.42 Å². The van der Waals surface area contributed by atoms with Gasteiger partial charge in [0.2, 0.25) is 6.29 Å². The van der Waals surface area contributed by atoms with Crippen LogP contribution >= 0.6 is 0 Å². The van der Waals surface area contributed by atoms with Crippen molar-refractivity contribution in [3.8, 4) is 0 Å². The molecular weight excluding hydrogens is 400 g/mol. The minimum Gasteiger partial charge on any atom is -0.457 e. The normalized spacial score (nSPS) is 35.5. The molecule has 1 saturated heterocycles. The number of rotatable bonds is 6. The van der Waals surface area contributed by atoms with E-state index in [0.717, 1.165) is 25.7 Å². The summed E-state index contributed by atoms with van der Waals surface area (Å²) in [6.07, 6.45) is 4.42. The van der Waals surface area contributed by atoms with E-state index in [4.69, 9.17) is 18.9 Å². The molecule has 0 aromatic heterocycles. The molecule has 0 aromatic rings. The number of hydrogen-bond donors (Lipinski definition) is 0. The van der Waals surface area contributed by atoms with Gasteiger partial charge in [-0.3, -0.25) is 9.59 Å². The SMILES string of the molecule is C=C(C)C(=O)OC1C2CC3C1OC(=O)C3(C(=O)OC(OC1CCCCC1)C(C)(C)C)C2. The van der Waals surface area contributed by atoms with E-state index in [1.54, 1.807) is 6.92 Å². The van der Waals surface area contributed by atoms with Gasteiger partial charge in [-0.1, -0.05) is 46.6 Å². The fourth-order valence-corrected chi connectivity index (χ4v) is 5.64. The highest BCUT2D eigenvalue weighted by Crippen LogP contribution is 2.63. The van der Waals surface area contributed by atoms with Crippen LogP contribution in [-0.2, 0) is 33.3 Å². The van der Waals surface area contributed by atoms with Crippen molar-refractivity contribution in [2.45, 2.75) is 97.2 Å². The minimum absolute atomic E-state index is 0.0671. The molecule has 0 radical (unpaired) electrons. The van der Waals surface area contributed by atoms with E-state index in [1.807, 2.05) is 20.8 Å². The van der Waals surface area contributed by atoms with Gasteiger partial charge in [0.1, 0.15) is 12.2 Å². The van der Waals surface area contributed by atoms with Gasteiger partial charge in [-0.05, 0) is 32.6 Å². The van der Waals surface area contributed by atoms with E-state index in [-0.39, 0.29) is 24.4 Å². The number of fused-ring (bicyclic) bond motifs is 1. The van der Waals surface area contributed by atoms with Crippen LogP contribution in [0, 0.1) is 22.7 Å². The van der Waals surface area contributed by atoms with Crippen LogP contribution in [0.15, 0.2) is 12.2 Å². The molecule has 1 aliphatic heterocycles. The average Bonchev–Trinajstić information content (AvgIpc) is 3.30. The molecule has 0 N–H and O–H groups in total. The Kier molecular flexibility index (Phi) is 5.69. The molecule has 7 heteroatoms. The summed E-state index contributed by atoms with van der Waals surface area (Å²) in [7, 11) is 0. The fourth-order valence-electron chi connectivity index (χ4n) is 5.64. The number of ether oxygens (including phenoxy) is 4. The molecule has 6 atom stereocenters. The molecule has 3 aliphatic carbocycles. The molecule has 4 fully saturated rings. The Labute approximate surface area is 183 Å². The van der Waals surface area contributed by atoms with Gasteiger partial charge < -0.3 is 18.9 Å². The Morgan fingerprint density at radius 3 is 2.48 bits per heavy atom. The highest BCUT2D eigenvalue weighted by molar-refractivity contribution is 6.03. The van der Waals surface area contributed by atoms with Crippen LogP contribution in [-0.4, -0.2) is 42.5 Å². The van der Waals surface area contributed by atoms with Gasteiger partial charge in [0, 0.05) is 22.8 Å². The summed E-state index contributed by atoms with van der Waals surface area (Å²) in [6, 6.07) is 0. The van der Waals surface area contributed by atoms with Crippen molar-refractivity contribution in [1.29, 1.82) is 0 Å². The molecule has 1 heterocycles. The molecule has 2 bridgehead atoms. The largest absolute Gasteiger partial charge is 0.457 e. The van der Waals surface area contributed by atoms with E-state index in [2.05, 4.69) is 6.58 Å². The molecule has 3 saturated carbocycles. The summed E-state index contributed by atoms with van der Waals surface area (Å²) in [6.45, 7) is 11.1. The summed E-state index contributed by atoms with van der Waals surface area (Å²) in [5.41, 5.74) is -1.45. The van der Waals surface area contributed by atoms with Crippen molar-refractivity contribution in [1.82, 2.24) is 0 Å². The number of carbonyl (C=O) groups is 3. The molecule has 7 nitrogen and oxygen atoms in total. The third-order valence-corrected chi connectivity index (χ3v) is 7.31. The lowest BCUT2D eigenvalue weighted by atomic mass is 9.73. The highest BCUT2D eigenvalue weighted by Gasteiger charge is 2.75. The zero-order valence-electron chi connectivity index (χ0n) is 19.0. The van der Waals surface area contributed by atoms with Crippen LogP contribution in [0.5, 0.6) is 0 Å². The first-order valence-corrected chi connectivity index (χ1v) is 11.5. The van der Waals surface area contributed by atoms with Crippen molar-refractivity contribution < 1.29 is 33.3 Å². The Bertz CT molecular complexity index is 775. The molecule has 0 aromatic carbocycles. The van der Waals surface area contributed by atoms with Crippen molar-refractivity contribution in [2.75, 3.05) is 0 Å². The summed E-state index contributed by atoms with van der Waals surface area (Å²) in [5.74, 6) is -2.06. The van der Waals surface area contributed by atoms with E-state index >= 15 is 0 Å². The van der Waals surface area contributed by atoms with Crippen molar-refractivity contribution in [3.63, 3.8) is 0 Å². The van der Waals surface area contributed by atoms with Crippen molar-refractivity contribution in [2.24, 2.45) is 22.7 Å². The second-order valence-corrected chi connectivity index (χ2v) is 10.8. The zero-order valence-corrected chi connectivity index (χ0v) is 19.0. The van der Waals surface area contributed by atoms with Crippen molar-refractivity contribution >= 4 is 17.9 Å². The standard InChI is InChI=1S/C24H34O7/c1-13(2)19(25)29-17-14-11-16-18(17)30-20(26)24(16,12-14)21(27)31-22(23(3,4)5)28-15-9-7-6-8-10-15/h14-18,22H,1,6-12H2,2-5H3. The van der Waals surface area contributed by atoms with Crippen LogP contribution in [0.3, 0.4) is 0 Å². The van der Waals surface area contributed by atoms with Crippen LogP contribution < -0.4 is 0 Å². The lowest BCUT2D eigenvalue weighted by Gasteiger charge is -2.37. The summed E-state index contributed by atoms with van der Waals surface area (Å²) >= 11 is 0. The third-order valence-electron chi connectivity index (χ3n) is 7.31. The predicted octanol–water partition coefficient (Wildman–Crippen LogP) is 3.69. The van der Waals surface area contributed by atoms with E-state index in [9.17, 15) is 14.4 Å². The number of hydrogen-bond acceptors (Lipinski definition) is 7. The first kappa shape index (κ1) is 22.3. The number of esters is 3. The second kappa shape index (κ2) is 7.91. The van der Waals surface area contributed by atoms with Gasteiger partial charge in [-0.2, -0.15) is 0 Å². The molecule has 6 unspecified atom stereocenters. The van der Waals surface area contributed by atoms with Crippen LogP contribution in [0.25, 0.3) is 0 Å². The van der Waals surface area contributed by atoms with Crippen LogP contribution in [0.1, 0.15) is 72.6 Å². The van der Waals surface area contributed by atoms with E-state index < -0.39 is 47.2 Å². The highest BCUT2D eigenvalue weighted by atomic mass is 16.7. The van der Waals surface area contributed by atoms with Crippen LogP contribution in [0.2, 0.25) is 0 Å². The zero-order chi connectivity index (χ0) is 22.6. The Morgan fingerprint density at radius 1 is 1.19 bits per heavy atom. The first-order valence-electron chi connectivity index (χ1n) is 11.5. The summed E-state index contributed by atoms with van der Waals surface area (Å²) < 4.78 is 23.3. The Hall–Kier alpha value is -1.89. The van der Waals surface area contributed by atoms with Gasteiger partial charge in [-0.15, -0.1) is 0 Å². The van der Waals surface area contributed by atoms with E-state index in [0.29, 0.717) is 12.0 Å². The van der Waals surface area contributed by atoms with Gasteiger partial charge in [0.05, 0.1) is 6.10 Å². The van der Waals surface area contributed by atoms with Gasteiger partial charge in [0.25, 0.3) is 0 Å². The maximum Gasteiger partial charge on any atom is 0.333 e. The average molecular weight is 435 g/mol. The molecular formula is C24H34O7. The first-order chi connectivity index (χ1) is 14.5. The smallest absolute Gasteiger partial charge is 0.333 e. The molecule has 31 heavy (non-hydrogen) atoms. The Balaban J connectivity index is 1.49. The lowest BCUT2D eigenvalue weighted by molar-refractivity contribution is -0.230. The van der Waals surface area contributed by atoms with Crippen LogP contribution in [0.4, 0.5) is 0 Å². The summed E-state index contributed by atoms with van der Waals surface area (Å²) in [5, 5.41) is 0. The number of carbonyl (C=O) groups excluding carboxylic acids is 3. The summed E-state index contributed by atoms with van der Waals surface area (Å²) in [4.78, 5) is 38.4. The third kappa shape index (κ3) is 3.79. The lowest BCUT2D eigenvalue weighted by Crippen LogP contribution is -2.48. The molecule has 0 spiro atoms. The molecule has 4 aliphatic rings.